The van der Waals surface area contributed by atoms with Crippen LogP contribution in [-0.4, -0.2) is 26.8 Å². The van der Waals surface area contributed by atoms with Gasteiger partial charge in [-0.3, -0.25) is 9.89 Å². The van der Waals surface area contributed by atoms with Gasteiger partial charge in [-0.15, -0.1) is 5.10 Å². The number of carbonyl (C=O) groups excluding carboxylic acids is 1. The van der Waals surface area contributed by atoms with Gasteiger partial charge in [-0.2, -0.15) is 0 Å². The van der Waals surface area contributed by atoms with Crippen LogP contribution in [0.1, 0.15) is 32.2 Å². The highest BCUT2D eigenvalue weighted by atomic mass is 35.5. The number of carbonyl (C=O) groups is 1. The molecule has 1 heterocycles. The molecule has 0 radical (unpaired) electrons. The van der Waals surface area contributed by atoms with Crippen molar-refractivity contribution in [2.24, 2.45) is 0 Å². The molecular weight excluding hydrogens is 320 g/mol. The van der Waals surface area contributed by atoms with Crippen LogP contribution in [0, 0.1) is 0 Å². The third-order valence-electron chi connectivity index (χ3n) is 2.91. The summed E-state index contributed by atoms with van der Waals surface area (Å²) in [5.41, 5.74) is 0.929. The summed E-state index contributed by atoms with van der Waals surface area (Å²) in [6.07, 6.45) is 0. The van der Waals surface area contributed by atoms with E-state index >= 15 is 0 Å². The predicted octanol–water partition coefficient (Wildman–Crippen LogP) is 3.16. The Morgan fingerprint density at radius 2 is 2.00 bits per heavy atom. The number of benzene rings is 1. The summed E-state index contributed by atoms with van der Waals surface area (Å²) in [6, 6.07) is 7.39. The van der Waals surface area contributed by atoms with Gasteiger partial charge in [0.2, 0.25) is 11.1 Å². The number of thioether (sulfide) groups is 1. The van der Waals surface area contributed by atoms with E-state index in [1.165, 1.54) is 11.8 Å². The first-order chi connectivity index (χ1) is 10.3. The van der Waals surface area contributed by atoms with Crippen molar-refractivity contribution in [2.45, 2.75) is 37.9 Å². The molecule has 1 aromatic heterocycles. The number of H-pyrrole nitrogens is 1. The van der Waals surface area contributed by atoms with Gasteiger partial charge in [0.25, 0.3) is 0 Å². The molecule has 5 nitrogen and oxygen atoms in total. The Labute approximate surface area is 139 Å². The number of aromatic amines is 1. The SMILES string of the molecule is CC(C)(C)c1nc(SCC(=O)NCc2ccc(Cl)cc2)n[nH]1. The molecule has 7 heteroatoms. The fraction of sp³-hybridized carbons (Fsp3) is 0.400. The van der Waals surface area contributed by atoms with Crippen LogP contribution in [0.5, 0.6) is 0 Å². The minimum Gasteiger partial charge on any atom is -0.351 e. The zero-order chi connectivity index (χ0) is 16.2. The lowest BCUT2D eigenvalue weighted by molar-refractivity contribution is -0.118. The molecule has 2 rings (SSSR count). The summed E-state index contributed by atoms with van der Waals surface area (Å²) in [7, 11) is 0. The third kappa shape index (κ3) is 5.03. The van der Waals surface area contributed by atoms with E-state index in [1.54, 1.807) is 12.1 Å². The summed E-state index contributed by atoms with van der Waals surface area (Å²) in [4.78, 5) is 16.2. The smallest absolute Gasteiger partial charge is 0.230 e. The molecule has 0 fully saturated rings. The molecule has 118 valence electrons. The second-order valence-corrected chi connectivity index (χ2v) is 7.29. The molecule has 0 aliphatic rings. The highest BCUT2D eigenvalue weighted by molar-refractivity contribution is 7.99. The topological polar surface area (TPSA) is 70.7 Å². The largest absolute Gasteiger partial charge is 0.351 e. The summed E-state index contributed by atoms with van der Waals surface area (Å²) >= 11 is 7.13. The number of amides is 1. The van der Waals surface area contributed by atoms with E-state index in [0.717, 1.165) is 11.4 Å². The maximum absolute atomic E-state index is 11.8. The van der Waals surface area contributed by atoms with Gasteiger partial charge in [-0.1, -0.05) is 56.3 Å². The minimum absolute atomic E-state index is 0.0536. The Kier molecular flexibility index (Phi) is 5.47. The minimum atomic E-state index is -0.0807. The maximum Gasteiger partial charge on any atom is 0.230 e. The molecule has 2 aromatic rings. The second-order valence-electron chi connectivity index (χ2n) is 5.91. The average Bonchev–Trinajstić information content (AvgIpc) is 2.93. The second kappa shape index (κ2) is 7.15. The number of rotatable bonds is 5. The fourth-order valence-corrected chi connectivity index (χ4v) is 2.38. The number of nitrogens with zero attached hydrogens (tertiary/aromatic N) is 2. The molecular formula is C15H19ClN4OS. The van der Waals surface area contributed by atoms with Gasteiger partial charge in [-0.05, 0) is 17.7 Å². The summed E-state index contributed by atoms with van der Waals surface area (Å²) in [6.45, 7) is 6.65. The average molecular weight is 339 g/mol. The van der Waals surface area contributed by atoms with E-state index in [9.17, 15) is 4.79 Å². The van der Waals surface area contributed by atoms with Crippen molar-refractivity contribution < 1.29 is 4.79 Å². The van der Waals surface area contributed by atoms with Crippen LogP contribution in [0.4, 0.5) is 0 Å². The monoisotopic (exact) mass is 338 g/mol. The number of halogens is 1. The summed E-state index contributed by atoms with van der Waals surface area (Å²) < 4.78 is 0. The molecule has 0 atom stereocenters. The van der Waals surface area contributed by atoms with E-state index in [4.69, 9.17) is 11.6 Å². The van der Waals surface area contributed by atoms with Gasteiger partial charge in [0, 0.05) is 17.0 Å². The predicted molar refractivity (Wildman–Crippen MR) is 89.1 cm³/mol. The van der Waals surface area contributed by atoms with Crippen LogP contribution in [-0.2, 0) is 16.8 Å². The summed E-state index contributed by atoms with van der Waals surface area (Å²) in [5, 5.41) is 11.2. The number of aromatic nitrogens is 3. The van der Waals surface area contributed by atoms with Gasteiger partial charge in [0.15, 0.2) is 0 Å². The van der Waals surface area contributed by atoms with Gasteiger partial charge in [0.05, 0.1) is 5.75 Å². The van der Waals surface area contributed by atoms with Crippen molar-refractivity contribution in [3.63, 3.8) is 0 Å². The highest BCUT2D eigenvalue weighted by Gasteiger charge is 2.19. The Morgan fingerprint density at radius 1 is 1.32 bits per heavy atom. The lowest BCUT2D eigenvalue weighted by Crippen LogP contribution is -2.24. The van der Waals surface area contributed by atoms with Crippen molar-refractivity contribution >= 4 is 29.3 Å². The summed E-state index contributed by atoms with van der Waals surface area (Å²) in [5.74, 6) is 1.05. The first-order valence-corrected chi connectivity index (χ1v) is 8.28. The molecule has 0 aliphatic heterocycles. The molecule has 0 saturated heterocycles. The van der Waals surface area contributed by atoms with Crippen LogP contribution >= 0.6 is 23.4 Å². The zero-order valence-electron chi connectivity index (χ0n) is 12.8. The van der Waals surface area contributed by atoms with Crippen LogP contribution in [0.3, 0.4) is 0 Å². The lowest BCUT2D eigenvalue weighted by atomic mass is 9.96. The lowest BCUT2D eigenvalue weighted by Gasteiger charge is -2.12. The third-order valence-corrected chi connectivity index (χ3v) is 4.01. The van der Waals surface area contributed by atoms with Crippen LogP contribution in [0.2, 0.25) is 5.02 Å². The molecule has 0 bridgehead atoms. The van der Waals surface area contributed by atoms with Gasteiger partial charge >= 0.3 is 0 Å². The highest BCUT2D eigenvalue weighted by Crippen LogP contribution is 2.20. The molecule has 0 saturated carbocycles. The van der Waals surface area contributed by atoms with Gasteiger partial charge in [0.1, 0.15) is 5.82 Å². The van der Waals surface area contributed by atoms with Crippen LogP contribution < -0.4 is 5.32 Å². The van der Waals surface area contributed by atoms with Crippen molar-refractivity contribution in [1.29, 1.82) is 0 Å². The number of hydrogen-bond acceptors (Lipinski definition) is 4. The first-order valence-electron chi connectivity index (χ1n) is 6.91. The Balaban J connectivity index is 1.78. The van der Waals surface area contributed by atoms with E-state index in [1.807, 2.05) is 12.1 Å². The van der Waals surface area contributed by atoms with Crippen LogP contribution in [0.25, 0.3) is 0 Å². The van der Waals surface area contributed by atoms with E-state index in [-0.39, 0.29) is 17.1 Å². The van der Waals surface area contributed by atoms with Crippen molar-refractivity contribution in [3.8, 4) is 0 Å². The van der Waals surface area contributed by atoms with Crippen molar-refractivity contribution in [2.75, 3.05) is 5.75 Å². The Hall–Kier alpha value is -1.53. The molecule has 1 amide bonds. The fourth-order valence-electron chi connectivity index (χ4n) is 1.63. The molecule has 2 N–H and O–H groups in total. The van der Waals surface area contributed by atoms with E-state index in [0.29, 0.717) is 16.7 Å². The van der Waals surface area contributed by atoms with E-state index < -0.39 is 0 Å². The van der Waals surface area contributed by atoms with E-state index in [2.05, 4.69) is 41.3 Å². The van der Waals surface area contributed by atoms with Crippen molar-refractivity contribution in [3.05, 3.63) is 40.7 Å². The molecule has 0 unspecified atom stereocenters. The molecule has 0 aliphatic carbocycles. The zero-order valence-corrected chi connectivity index (χ0v) is 14.4. The Bertz CT molecular complexity index is 634. The van der Waals surface area contributed by atoms with Crippen LogP contribution in [0.15, 0.2) is 29.4 Å². The molecule has 1 aromatic carbocycles. The molecule has 22 heavy (non-hydrogen) atoms. The van der Waals surface area contributed by atoms with Gasteiger partial charge in [-0.25, -0.2) is 4.98 Å². The quantitative estimate of drug-likeness (QED) is 0.821. The Morgan fingerprint density at radius 3 is 2.59 bits per heavy atom. The maximum atomic E-state index is 11.8. The number of nitrogens with one attached hydrogen (secondary N) is 2. The standard InChI is InChI=1S/C15H19ClN4OS/c1-15(2,3)13-18-14(20-19-13)22-9-12(21)17-8-10-4-6-11(16)7-5-10/h4-7H,8-9H2,1-3H3,(H,17,21)(H,18,19,20). The van der Waals surface area contributed by atoms with Gasteiger partial charge < -0.3 is 5.32 Å². The molecule has 0 spiro atoms. The normalized spacial score (nSPS) is 11.5. The van der Waals surface area contributed by atoms with Crippen molar-refractivity contribution in [1.82, 2.24) is 20.5 Å². The first kappa shape index (κ1) is 16.8. The number of hydrogen-bond donors (Lipinski definition) is 2.